The molecule has 0 saturated heterocycles. The van der Waals surface area contributed by atoms with E-state index in [0.29, 0.717) is 31.9 Å². The summed E-state index contributed by atoms with van der Waals surface area (Å²) in [6.07, 6.45) is 1.62. The molecule has 6 heteroatoms. The van der Waals surface area contributed by atoms with Crippen LogP contribution in [-0.4, -0.2) is 37.6 Å². The molecule has 0 aromatic carbocycles. The highest BCUT2D eigenvalue weighted by molar-refractivity contribution is 5.77. The van der Waals surface area contributed by atoms with E-state index in [0.717, 1.165) is 0 Å². The van der Waals surface area contributed by atoms with Gasteiger partial charge in [-0.05, 0) is 12.1 Å². The van der Waals surface area contributed by atoms with Gasteiger partial charge in [-0.3, -0.25) is 5.41 Å². The number of halogens is 1. The van der Waals surface area contributed by atoms with Gasteiger partial charge in [0.1, 0.15) is 11.6 Å². The summed E-state index contributed by atoms with van der Waals surface area (Å²) >= 11 is 0. The fourth-order valence-electron chi connectivity index (χ4n) is 1.35. The SMILES string of the molecule is COCCN(CCC(=N)N)c1ccc(F)cn1. The minimum Gasteiger partial charge on any atom is -0.388 e. The van der Waals surface area contributed by atoms with Crippen molar-refractivity contribution in [1.29, 1.82) is 5.41 Å². The van der Waals surface area contributed by atoms with Crippen LogP contribution in [0.1, 0.15) is 6.42 Å². The lowest BCUT2D eigenvalue weighted by molar-refractivity contribution is 0.205. The second kappa shape index (κ2) is 6.80. The summed E-state index contributed by atoms with van der Waals surface area (Å²) in [5, 5.41) is 7.20. The Balaban J connectivity index is 2.67. The van der Waals surface area contributed by atoms with E-state index in [-0.39, 0.29) is 11.7 Å². The van der Waals surface area contributed by atoms with Crippen molar-refractivity contribution in [3.8, 4) is 0 Å². The van der Waals surface area contributed by atoms with Crippen LogP contribution < -0.4 is 10.6 Å². The van der Waals surface area contributed by atoms with E-state index in [1.54, 1.807) is 13.2 Å². The molecule has 0 spiro atoms. The number of pyridine rings is 1. The molecule has 0 fully saturated rings. The molecule has 1 rings (SSSR count). The quantitative estimate of drug-likeness (QED) is 0.550. The summed E-state index contributed by atoms with van der Waals surface area (Å²) in [5.41, 5.74) is 5.32. The zero-order chi connectivity index (χ0) is 12.7. The topological polar surface area (TPSA) is 75.2 Å². The number of nitrogens with two attached hydrogens (primary N) is 1. The summed E-state index contributed by atoms with van der Waals surface area (Å²) in [5.74, 6) is 0.409. The summed E-state index contributed by atoms with van der Waals surface area (Å²) in [6.45, 7) is 1.73. The molecule has 0 aliphatic rings. The van der Waals surface area contributed by atoms with Crippen LogP contribution in [-0.2, 0) is 4.74 Å². The monoisotopic (exact) mass is 240 g/mol. The molecule has 94 valence electrons. The Hall–Kier alpha value is -1.69. The van der Waals surface area contributed by atoms with E-state index in [2.05, 4.69) is 4.98 Å². The maximum Gasteiger partial charge on any atom is 0.141 e. The van der Waals surface area contributed by atoms with Crippen LogP contribution in [0.5, 0.6) is 0 Å². The van der Waals surface area contributed by atoms with Crippen LogP contribution in [0.15, 0.2) is 18.3 Å². The number of anilines is 1. The number of rotatable bonds is 7. The highest BCUT2D eigenvalue weighted by Gasteiger charge is 2.08. The maximum absolute atomic E-state index is 12.8. The fraction of sp³-hybridized carbons (Fsp3) is 0.455. The van der Waals surface area contributed by atoms with Crippen molar-refractivity contribution in [3.05, 3.63) is 24.1 Å². The van der Waals surface area contributed by atoms with Crippen molar-refractivity contribution in [3.63, 3.8) is 0 Å². The zero-order valence-electron chi connectivity index (χ0n) is 9.82. The van der Waals surface area contributed by atoms with Gasteiger partial charge in [0.05, 0.1) is 18.6 Å². The lowest BCUT2D eigenvalue weighted by Gasteiger charge is -2.23. The number of hydrogen-bond donors (Lipinski definition) is 2. The summed E-state index contributed by atoms with van der Waals surface area (Å²) in [7, 11) is 1.61. The van der Waals surface area contributed by atoms with Gasteiger partial charge in [-0.2, -0.15) is 0 Å². The summed E-state index contributed by atoms with van der Waals surface area (Å²) in [4.78, 5) is 5.90. The third-order valence-electron chi connectivity index (χ3n) is 2.25. The lowest BCUT2D eigenvalue weighted by atomic mass is 10.3. The summed E-state index contributed by atoms with van der Waals surface area (Å²) < 4.78 is 17.8. The first-order valence-electron chi connectivity index (χ1n) is 5.32. The molecule has 0 amide bonds. The molecule has 5 nitrogen and oxygen atoms in total. The van der Waals surface area contributed by atoms with Crippen molar-refractivity contribution in [1.82, 2.24) is 4.98 Å². The molecule has 17 heavy (non-hydrogen) atoms. The standard InChI is InChI=1S/C11H17FN4O/c1-17-7-6-16(5-4-10(13)14)11-3-2-9(12)8-15-11/h2-3,8H,4-7H2,1H3,(H3,13,14). The van der Waals surface area contributed by atoms with E-state index < -0.39 is 0 Å². The van der Waals surface area contributed by atoms with Gasteiger partial charge in [0.15, 0.2) is 0 Å². The third-order valence-corrected chi connectivity index (χ3v) is 2.25. The minimum absolute atomic E-state index is 0.120. The third kappa shape index (κ3) is 4.78. The molecule has 0 aliphatic carbocycles. The van der Waals surface area contributed by atoms with Crippen molar-refractivity contribution >= 4 is 11.7 Å². The zero-order valence-corrected chi connectivity index (χ0v) is 9.82. The number of nitrogens with one attached hydrogen (secondary N) is 1. The Bertz CT molecular complexity index is 355. The molecule has 0 atom stereocenters. The first kappa shape index (κ1) is 13.4. The molecule has 1 aromatic heterocycles. The molecule has 3 N–H and O–H groups in total. The number of aromatic nitrogens is 1. The molecule has 0 radical (unpaired) electrons. The summed E-state index contributed by atoms with van der Waals surface area (Å²) in [6, 6.07) is 2.96. The average Bonchev–Trinajstić information content (AvgIpc) is 2.30. The number of hydrogen-bond acceptors (Lipinski definition) is 4. The molecule has 0 unspecified atom stereocenters. The molecular weight excluding hydrogens is 223 g/mol. The first-order valence-corrected chi connectivity index (χ1v) is 5.32. The molecular formula is C11H17FN4O. The highest BCUT2D eigenvalue weighted by Crippen LogP contribution is 2.10. The van der Waals surface area contributed by atoms with Crippen LogP contribution in [0.2, 0.25) is 0 Å². The van der Waals surface area contributed by atoms with Gasteiger partial charge in [-0.15, -0.1) is 0 Å². The van der Waals surface area contributed by atoms with Crippen LogP contribution >= 0.6 is 0 Å². The van der Waals surface area contributed by atoms with Gasteiger partial charge in [0.25, 0.3) is 0 Å². The number of ether oxygens (including phenoxy) is 1. The molecule has 0 saturated carbocycles. The Morgan fingerprint density at radius 2 is 2.29 bits per heavy atom. The predicted octanol–water partition coefficient (Wildman–Crippen LogP) is 1.000. The van der Waals surface area contributed by atoms with Crippen LogP contribution in [0.25, 0.3) is 0 Å². The highest BCUT2D eigenvalue weighted by atomic mass is 19.1. The molecule has 1 aromatic rings. The Morgan fingerprint density at radius 1 is 1.53 bits per heavy atom. The Morgan fingerprint density at radius 3 is 2.82 bits per heavy atom. The van der Waals surface area contributed by atoms with Gasteiger partial charge in [-0.1, -0.05) is 0 Å². The predicted molar refractivity (Wildman–Crippen MR) is 64.8 cm³/mol. The average molecular weight is 240 g/mol. The van der Waals surface area contributed by atoms with Gasteiger partial charge in [0.2, 0.25) is 0 Å². The van der Waals surface area contributed by atoms with E-state index in [1.807, 2.05) is 4.90 Å². The Labute approximate surface area is 99.9 Å². The number of nitrogens with zero attached hydrogens (tertiary/aromatic N) is 2. The molecule has 1 heterocycles. The smallest absolute Gasteiger partial charge is 0.141 e. The largest absolute Gasteiger partial charge is 0.388 e. The number of methoxy groups -OCH3 is 1. The van der Waals surface area contributed by atoms with E-state index in [4.69, 9.17) is 15.9 Å². The van der Waals surface area contributed by atoms with Gasteiger partial charge >= 0.3 is 0 Å². The first-order chi connectivity index (χ1) is 8.13. The van der Waals surface area contributed by atoms with Crippen molar-refractivity contribution in [2.75, 3.05) is 31.7 Å². The van der Waals surface area contributed by atoms with Gasteiger partial charge in [0, 0.05) is 26.6 Å². The number of amidine groups is 1. The second-order valence-corrected chi connectivity index (χ2v) is 3.59. The molecule has 0 aliphatic heterocycles. The molecule has 0 bridgehead atoms. The van der Waals surface area contributed by atoms with Crippen molar-refractivity contribution < 1.29 is 9.13 Å². The van der Waals surface area contributed by atoms with Crippen LogP contribution in [0.3, 0.4) is 0 Å². The minimum atomic E-state index is -0.369. The van der Waals surface area contributed by atoms with Crippen molar-refractivity contribution in [2.45, 2.75) is 6.42 Å². The van der Waals surface area contributed by atoms with E-state index in [9.17, 15) is 4.39 Å². The lowest BCUT2D eigenvalue weighted by Crippen LogP contribution is -2.31. The second-order valence-electron chi connectivity index (χ2n) is 3.59. The van der Waals surface area contributed by atoms with E-state index in [1.165, 1.54) is 12.3 Å². The fourth-order valence-corrected chi connectivity index (χ4v) is 1.35. The normalized spacial score (nSPS) is 10.2. The van der Waals surface area contributed by atoms with Gasteiger partial charge in [-0.25, -0.2) is 9.37 Å². The Kier molecular flexibility index (Phi) is 5.35. The van der Waals surface area contributed by atoms with Gasteiger partial charge < -0.3 is 15.4 Å². The van der Waals surface area contributed by atoms with E-state index >= 15 is 0 Å². The maximum atomic E-state index is 12.8. The van der Waals surface area contributed by atoms with Crippen LogP contribution in [0.4, 0.5) is 10.2 Å². The van der Waals surface area contributed by atoms with Crippen molar-refractivity contribution in [2.24, 2.45) is 5.73 Å². The van der Waals surface area contributed by atoms with Crippen LogP contribution in [0, 0.1) is 11.2 Å².